The van der Waals surface area contributed by atoms with Gasteiger partial charge in [-0.1, -0.05) is 30.0 Å². The molecule has 4 heteroatoms. The molecule has 1 aromatic carbocycles. The molecule has 0 N–H and O–H groups in total. The molecule has 0 radical (unpaired) electrons. The summed E-state index contributed by atoms with van der Waals surface area (Å²) in [7, 11) is 3.72. The molecule has 0 bridgehead atoms. The predicted octanol–water partition coefficient (Wildman–Crippen LogP) is 3.70. The molecule has 1 aromatic rings. The maximum absolute atomic E-state index is 11.1. The lowest BCUT2D eigenvalue weighted by atomic mass is 10.1. The summed E-state index contributed by atoms with van der Waals surface area (Å²) in [4.78, 5) is 14.4. The lowest BCUT2D eigenvalue weighted by molar-refractivity contribution is -0.110. The van der Waals surface area contributed by atoms with E-state index in [1.807, 2.05) is 37.4 Å². The van der Waals surface area contributed by atoms with Gasteiger partial charge in [0.25, 0.3) is 0 Å². The number of methoxy groups -OCH3 is 1. The van der Waals surface area contributed by atoms with Gasteiger partial charge < -0.3 is 9.64 Å². The second kappa shape index (κ2) is 5.66. The minimum Gasteiger partial charge on any atom is -0.497 e. The molecule has 0 atom stereocenters. The van der Waals surface area contributed by atoms with Gasteiger partial charge in [-0.15, -0.1) is 0 Å². The van der Waals surface area contributed by atoms with Crippen LogP contribution in [0.25, 0.3) is 0 Å². The Balaban J connectivity index is 1.84. The first-order chi connectivity index (χ1) is 10.2. The Morgan fingerprint density at radius 3 is 2.62 bits per heavy atom. The Labute approximate surface area is 128 Å². The standard InChI is InChI=1S/C17H15NO2S/c1-18-15-9-8-14(20-2)11-16(15)21-17(18)10-5-12-3-6-13(19)7-4-12/h3-11H,1-2H3/b17-10-. The molecule has 0 fully saturated rings. The highest BCUT2D eigenvalue weighted by atomic mass is 32.2. The van der Waals surface area contributed by atoms with Crippen LogP contribution in [0.3, 0.4) is 0 Å². The summed E-state index contributed by atoms with van der Waals surface area (Å²) in [6.45, 7) is 0. The Bertz CT molecular complexity index is 696. The minimum absolute atomic E-state index is 0.0339. The minimum atomic E-state index is 0.0339. The Kier molecular flexibility index (Phi) is 3.71. The van der Waals surface area contributed by atoms with E-state index in [0.717, 1.165) is 16.4 Å². The SMILES string of the molecule is COc1ccc2c(c1)S/C(=C\C=C1C=CC(=O)C=C1)N2C. The van der Waals surface area contributed by atoms with E-state index in [1.165, 1.54) is 10.6 Å². The monoisotopic (exact) mass is 297 g/mol. The molecule has 21 heavy (non-hydrogen) atoms. The molecule has 2 aliphatic rings. The lowest BCUT2D eigenvalue weighted by Crippen LogP contribution is -2.09. The van der Waals surface area contributed by atoms with Crippen molar-refractivity contribution in [2.45, 2.75) is 4.90 Å². The van der Waals surface area contributed by atoms with E-state index in [9.17, 15) is 4.79 Å². The quantitative estimate of drug-likeness (QED) is 0.832. The number of rotatable bonds is 2. The average Bonchev–Trinajstić information content (AvgIpc) is 2.82. The average molecular weight is 297 g/mol. The number of ketones is 1. The van der Waals surface area contributed by atoms with E-state index < -0.39 is 0 Å². The van der Waals surface area contributed by atoms with Gasteiger partial charge in [-0.25, -0.2) is 0 Å². The number of fused-ring (bicyclic) bond motifs is 1. The molecule has 106 valence electrons. The van der Waals surface area contributed by atoms with Gasteiger partial charge in [-0.05, 0) is 42.0 Å². The van der Waals surface area contributed by atoms with Crippen molar-refractivity contribution in [1.29, 1.82) is 0 Å². The van der Waals surface area contributed by atoms with Crippen molar-refractivity contribution < 1.29 is 9.53 Å². The van der Waals surface area contributed by atoms with E-state index in [-0.39, 0.29) is 5.78 Å². The summed E-state index contributed by atoms with van der Waals surface area (Å²) in [6.07, 6.45) is 10.9. The molecule has 0 unspecified atom stereocenters. The van der Waals surface area contributed by atoms with E-state index in [0.29, 0.717) is 0 Å². The Hall–Kier alpha value is -2.20. The number of hydrogen-bond donors (Lipinski definition) is 0. The van der Waals surface area contributed by atoms with Crippen LogP contribution < -0.4 is 9.64 Å². The van der Waals surface area contributed by atoms with E-state index in [2.05, 4.69) is 17.0 Å². The number of hydrogen-bond acceptors (Lipinski definition) is 4. The molecule has 1 aliphatic carbocycles. The molecule has 1 heterocycles. The molecule has 0 saturated heterocycles. The van der Waals surface area contributed by atoms with Crippen LogP contribution in [0.5, 0.6) is 5.75 Å². The second-order valence-electron chi connectivity index (χ2n) is 4.74. The first kappa shape index (κ1) is 13.8. The molecule has 3 nitrogen and oxygen atoms in total. The fourth-order valence-corrected chi connectivity index (χ4v) is 3.25. The number of nitrogens with zero attached hydrogens (tertiary/aromatic N) is 1. The van der Waals surface area contributed by atoms with Crippen molar-refractivity contribution in [3.63, 3.8) is 0 Å². The van der Waals surface area contributed by atoms with E-state index in [1.54, 1.807) is 31.0 Å². The van der Waals surface area contributed by atoms with Gasteiger partial charge in [0, 0.05) is 11.9 Å². The van der Waals surface area contributed by atoms with E-state index in [4.69, 9.17) is 4.74 Å². The normalized spacial score (nSPS) is 18.4. The topological polar surface area (TPSA) is 29.5 Å². The molecule has 0 aromatic heterocycles. The highest BCUT2D eigenvalue weighted by Crippen LogP contribution is 2.46. The smallest absolute Gasteiger partial charge is 0.178 e. The fourth-order valence-electron chi connectivity index (χ4n) is 2.17. The second-order valence-corrected chi connectivity index (χ2v) is 5.80. The van der Waals surface area contributed by atoms with Crippen molar-refractivity contribution in [2.24, 2.45) is 0 Å². The van der Waals surface area contributed by atoms with Gasteiger partial charge in [0.1, 0.15) is 5.75 Å². The highest BCUT2D eigenvalue weighted by molar-refractivity contribution is 8.03. The maximum Gasteiger partial charge on any atom is 0.178 e. The fraction of sp³-hybridized carbons (Fsp3) is 0.118. The third-order valence-corrected chi connectivity index (χ3v) is 4.54. The van der Waals surface area contributed by atoms with Gasteiger partial charge in [0.2, 0.25) is 0 Å². The first-order valence-electron chi connectivity index (χ1n) is 6.59. The Morgan fingerprint density at radius 2 is 1.90 bits per heavy atom. The van der Waals surface area contributed by atoms with Crippen LogP contribution in [0.4, 0.5) is 5.69 Å². The number of carbonyl (C=O) groups is 1. The number of ether oxygens (including phenoxy) is 1. The number of thioether (sulfide) groups is 1. The largest absolute Gasteiger partial charge is 0.497 e. The van der Waals surface area contributed by atoms with Crippen LogP contribution in [-0.4, -0.2) is 19.9 Å². The van der Waals surface area contributed by atoms with Crippen molar-refractivity contribution in [1.82, 2.24) is 0 Å². The van der Waals surface area contributed by atoms with Crippen LogP contribution in [0, 0.1) is 0 Å². The summed E-state index contributed by atoms with van der Waals surface area (Å²) in [5, 5.41) is 1.14. The van der Waals surface area contributed by atoms with Crippen LogP contribution in [0.1, 0.15) is 0 Å². The van der Waals surface area contributed by atoms with Crippen molar-refractivity contribution in [2.75, 3.05) is 19.1 Å². The summed E-state index contributed by atoms with van der Waals surface area (Å²) >= 11 is 1.71. The van der Waals surface area contributed by atoms with Crippen molar-refractivity contribution in [3.8, 4) is 5.75 Å². The Morgan fingerprint density at radius 1 is 1.14 bits per heavy atom. The van der Waals surface area contributed by atoms with E-state index >= 15 is 0 Å². The van der Waals surface area contributed by atoms with Crippen LogP contribution in [0.15, 0.2) is 70.2 Å². The first-order valence-corrected chi connectivity index (χ1v) is 7.41. The molecule has 3 rings (SSSR count). The summed E-state index contributed by atoms with van der Waals surface area (Å²) < 4.78 is 5.26. The molecule has 0 spiro atoms. The van der Waals surface area contributed by atoms with Crippen LogP contribution in [-0.2, 0) is 4.79 Å². The van der Waals surface area contributed by atoms with Gasteiger partial charge >= 0.3 is 0 Å². The number of benzene rings is 1. The number of allylic oxidation sites excluding steroid dienone is 7. The molecular formula is C17H15NO2S. The summed E-state index contributed by atoms with van der Waals surface area (Å²) in [5.74, 6) is 0.901. The number of anilines is 1. The van der Waals surface area contributed by atoms with Crippen molar-refractivity contribution >= 4 is 23.2 Å². The predicted molar refractivity (Wildman–Crippen MR) is 86.7 cm³/mol. The highest BCUT2D eigenvalue weighted by Gasteiger charge is 2.21. The van der Waals surface area contributed by atoms with Crippen molar-refractivity contribution in [3.05, 3.63) is 65.3 Å². The molecule has 0 saturated carbocycles. The zero-order chi connectivity index (χ0) is 14.8. The van der Waals surface area contributed by atoms with Gasteiger partial charge in [0.15, 0.2) is 5.78 Å². The molecular weight excluding hydrogens is 282 g/mol. The number of carbonyl (C=O) groups excluding carboxylic acids is 1. The molecule has 1 aliphatic heterocycles. The van der Waals surface area contributed by atoms with Gasteiger partial charge in [0.05, 0.1) is 17.8 Å². The van der Waals surface area contributed by atoms with Gasteiger partial charge in [-0.2, -0.15) is 0 Å². The zero-order valence-electron chi connectivity index (χ0n) is 11.9. The maximum atomic E-state index is 11.1. The van der Waals surface area contributed by atoms with Crippen LogP contribution in [0.2, 0.25) is 0 Å². The summed E-state index contributed by atoms with van der Waals surface area (Å²) in [6, 6.07) is 6.08. The third kappa shape index (κ3) is 2.81. The summed E-state index contributed by atoms with van der Waals surface area (Å²) in [5.41, 5.74) is 2.19. The van der Waals surface area contributed by atoms with Gasteiger partial charge in [-0.3, -0.25) is 4.79 Å². The van der Waals surface area contributed by atoms with Crippen LogP contribution >= 0.6 is 11.8 Å². The lowest BCUT2D eigenvalue weighted by Gasteiger charge is -2.13. The zero-order valence-corrected chi connectivity index (χ0v) is 12.7. The third-order valence-electron chi connectivity index (χ3n) is 3.37. The molecule has 0 amide bonds.